The third kappa shape index (κ3) is 5.14. The van der Waals surface area contributed by atoms with Gasteiger partial charge in [-0.1, -0.05) is 30.3 Å². The summed E-state index contributed by atoms with van der Waals surface area (Å²) in [6, 6.07) is 12.5. The van der Waals surface area contributed by atoms with E-state index in [0.29, 0.717) is 12.8 Å². The molecule has 0 spiro atoms. The summed E-state index contributed by atoms with van der Waals surface area (Å²) in [7, 11) is -4.01. The smallest absolute Gasteiger partial charge is 0.321 e. The molecule has 0 bridgehead atoms. The van der Waals surface area contributed by atoms with E-state index in [4.69, 9.17) is 0 Å². The van der Waals surface area contributed by atoms with Crippen LogP contribution in [-0.2, 0) is 21.2 Å². The lowest BCUT2D eigenvalue weighted by Gasteiger charge is -2.15. The molecule has 0 aliphatic heterocycles. The molecule has 2 aromatic rings. The first kappa shape index (κ1) is 18.1. The van der Waals surface area contributed by atoms with Gasteiger partial charge in [0.1, 0.15) is 11.9 Å². The average Bonchev–Trinajstić information content (AvgIpc) is 2.55. The number of carboxylic acid groups (broad SMARTS) is 1. The number of carbonyl (C=O) groups is 1. The molecular formula is C17H18FNO4S. The average molecular weight is 351 g/mol. The molecule has 128 valence electrons. The fourth-order valence-corrected chi connectivity index (χ4v) is 3.48. The first-order valence-corrected chi connectivity index (χ1v) is 8.91. The van der Waals surface area contributed by atoms with Gasteiger partial charge in [0.05, 0.1) is 4.90 Å². The highest BCUT2D eigenvalue weighted by Gasteiger charge is 2.25. The largest absolute Gasteiger partial charge is 0.480 e. The van der Waals surface area contributed by atoms with Gasteiger partial charge in [-0.15, -0.1) is 0 Å². The van der Waals surface area contributed by atoms with Gasteiger partial charge in [0.15, 0.2) is 0 Å². The van der Waals surface area contributed by atoms with Crippen LogP contribution in [-0.4, -0.2) is 25.5 Å². The van der Waals surface area contributed by atoms with E-state index in [1.54, 1.807) is 0 Å². The van der Waals surface area contributed by atoms with Crippen molar-refractivity contribution in [3.05, 3.63) is 66.0 Å². The molecule has 0 amide bonds. The van der Waals surface area contributed by atoms with Crippen LogP contribution in [0.15, 0.2) is 59.5 Å². The van der Waals surface area contributed by atoms with E-state index in [1.165, 1.54) is 0 Å². The van der Waals surface area contributed by atoms with Crippen LogP contribution >= 0.6 is 0 Å². The van der Waals surface area contributed by atoms with Gasteiger partial charge in [-0.2, -0.15) is 4.72 Å². The Kier molecular flexibility index (Phi) is 6.05. The maximum Gasteiger partial charge on any atom is 0.321 e. The zero-order chi connectivity index (χ0) is 17.6. The van der Waals surface area contributed by atoms with Crippen molar-refractivity contribution in [2.24, 2.45) is 0 Å². The number of hydrogen-bond donors (Lipinski definition) is 2. The Bertz CT molecular complexity index is 776. The minimum Gasteiger partial charge on any atom is -0.480 e. The van der Waals surface area contributed by atoms with Crippen LogP contribution in [0, 0.1) is 5.82 Å². The molecule has 7 heteroatoms. The number of hydrogen-bond acceptors (Lipinski definition) is 3. The lowest BCUT2D eigenvalue weighted by atomic mass is 10.1. The summed E-state index contributed by atoms with van der Waals surface area (Å²) in [5.41, 5.74) is 1.06. The van der Waals surface area contributed by atoms with E-state index in [2.05, 4.69) is 4.72 Å². The summed E-state index contributed by atoms with van der Waals surface area (Å²) in [5, 5.41) is 9.24. The van der Waals surface area contributed by atoms with Gasteiger partial charge in [0, 0.05) is 0 Å². The van der Waals surface area contributed by atoms with Crippen molar-refractivity contribution < 1.29 is 22.7 Å². The topological polar surface area (TPSA) is 83.5 Å². The van der Waals surface area contributed by atoms with Crippen LogP contribution in [0.1, 0.15) is 18.4 Å². The zero-order valence-corrected chi connectivity index (χ0v) is 13.7. The van der Waals surface area contributed by atoms with Gasteiger partial charge in [-0.25, -0.2) is 12.8 Å². The van der Waals surface area contributed by atoms with Crippen LogP contribution < -0.4 is 4.72 Å². The number of aryl methyl sites for hydroxylation is 1. The summed E-state index contributed by atoms with van der Waals surface area (Å²) >= 11 is 0. The molecule has 0 fully saturated rings. The number of halogens is 1. The number of aliphatic carboxylic acids is 1. The third-order valence-electron chi connectivity index (χ3n) is 3.52. The van der Waals surface area contributed by atoms with Crippen LogP contribution in [0.3, 0.4) is 0 Å². The lowest BCUT2D eigenvalue weighted by Crippen LogP contribution is -2.40. The number of benzene rings is 2. The minimum absolute atomic E-state index is 0.157. The standard InChI is InChI=1S/C17H18FNO4S/c18-14-9-11-15(12-10-14)24(22,23)19-16(17(20)21)8-4-7-13-5-2-1-3-6-13/h1-3,5-6,9-12,16,19H,4,7-8H2,(H,20,21). The summed E-state index contributed by atoms with van der Waals surface area (Å²) < 4.78 is 39.4. The molecule has 0 aliphatic rings. The monoisotopic (exact) mass is 351 g/mol. The number of sulfonamides is 1. The summed E-state index contributed by atoms with van der Waals surface area (Å²) in [4.78, 5) is 11.1. The Morgan fingerprint density at radius 3 is 2.29 bits per heavy atom. The molecule has 0 aromatic heterocycles. The van der Waals surface area contributed by atoms with E-state index in [0.717, 1.165) is 29.8 Å². The second-order valence-corrected chi connectivity index (χ2v) is 7.06. The number of nitrogens with one attached hydrogen (secondary N) is 1. The summed E-state index contributed by atoms with van der Waals surface area (Å²) in [5.74, 6) is -1.81. The van der Waals surface area contributed by atoms with Crippen molar-refractivity contribution in [3.63, 3.8) is 0 Å². The first-order valence-electron chi connectivity index (χ1n) is 7.43. The van der Waals surface area contributed by atoms with E-state index in [9.17, 15) is 22.7 Å². The third-order valence-corrected chi connectivity index (χ3v) is 5.01. The molecule has 2 rings (SSSR count). The number of carboxylic acids is 1. The predicted octanol–water partition coefficient (Wildman–Crippen LogP) is 2.58. The molecular weight excluding hydrogens is 333 g/mol. The maximum atomic E-state index is 12.9. The Balaban J connectivity index is 2.00. The molecule has 5 nitrogen and oxygen atoms in total. The molecule has 1 unspecified atom stereocenters. The SMILES string of the molecule is O=C(O)C(CCCc1ccccc1)NS(=O)(=O)c1ccc(F)cc1. The molecule has 2 aromatic carbocycles. The highest BCUT2D eigenvalue weighted by Crippen LogP contribution is 2.13. The Morgan fingerprint density at radius 1 is 1.08 bits per heavy atom. The molecule has 1 atom stereocenters. The van der Waals surface area contributed by atoms with Crippen molar-refractivity contribution in [2.75, 3.05) is 0 Å². The fraction of sp³-hybridized carbons (Fsp3) is 0.235. The molecule has 0 heterocycles. The van der Waals surface area contributed by atoms with Gasteiger partial charge in [0.2, 0.25) is 10.0 Å². The molecule has 24 heavy (non-hydrogen) atoms. The fourth-order valence-electron chi connectivity index (χ4n) is 2.26. The van der Waals surface area contributed by atoms with Crippen molar-refractivity contribution in [2.45, 2.75) is 30.2 Å². The van der Waals surface area contributed by atoms with Crippen LogP contribution in [0.25, 0.3) is 0 Å². The van der Waals surface area contributed by atoms with Crippen molar-refractivity contribution in [1.29, 1.82) is 0 Å². The van der Waals surface area contributed by atoms with E-state index >= 15 is 0 Å². The Hall–Kier alpha value is -2.25. The maximum absolute atomic E-state index is 12.9. The first-order chi connectivity index (χ1) is 11.4. The molecule has 0 saturated heterocycles. The van der Waals surface area contributed by atoms with Gasteiger partial charge in [-0.3, -0.25) is 4.79 Å². The summed E-state index contributed by atoms with van der Waals surface area (Å²) in [6.07, 6.45) is 1.33. The molecule has 2 N–H and O–H groups in total. The summed E-state index contributed by atoms with van der Waals surface area (Å²) in [6.45, 7) is 0. The van der Waals surface area contributed by atoms with Gasteiger partial charge < -0.3 is 5.11 Å². The van der Waals surface area contributed by atoms with Crippen LogP contribution in [0.2, 0.25) is 0 Å². The molecule has 0 radical (unpaired) electrons. The highest BCUT2D eigenvalue weighted by atomic mass is 32.2. The van der Waals surface area contributed by atoms with Crippen LogP contribution in [0.4, 0.5) is 4.39 Å². The van der Waals surface area contributed by atoms with Gasteiger partial charge in [-0.05, 0) is 49.1 Å². The Morgan fingerprint density at radius 2 is 1.71 bits per heavy atom. The quantitative estimate of drug-likeness (QED) is 0.766. The number of rotatable bonds is 8. The highest BCUT2D eigenvalue weighted by molar-refractivity contribution is 7.89. The molecule has 0 aliphatic carbocycles. The van der Waals surface area contributed by atoms with Crippen molar-refractivity contribution >= 4 is 16.0 Å². The van der Waals surface area contributed by atoms with Crippen molar-refractivity contribution in [1.82, 2.24) is 4.72 Å². The lowest BCUT2D eigenvalue weighted by molar-refractivity contribution is -0.139. The second-order valence-electron chi connectivity index (χ2n) is 5.34. The van der Waals surface area contributed by atoms with E-state index < -0.39 is 27.9 Å². The van der Waals surface area contributed by atoms with E-state index in [-0.39, 0.29) is 11.3 Å². The Labute approximate surface area is 140 Å². The zero-order valence-electron chi connectivity index (χ0n) is 12.9. The molecule has 0 saturated carbocycles. The van der Waals surface area contributed by atoms with E-state index in [1.807, 2.05) is 30.3 Å². The predicted molar refractivity (Wildman–Crippen MR) is 87.5 cm³/mol. The van der Waals surface area contributed by atoms with Gasteiger partial charge in [0.25, 0.3) is 0 Å². The second kappa shape index (κ2) is 8.03. The van der Waals surface area contributed by atoms with Gasteiger partial charge >= 0.3 is 5.97 Å². The minimum atomic E-state index is -4.01. The van der Waals surface area contributed by atoms with Crippen LogP contribution in [0.5, 0.6) is 0 Å². The normalized spacial score (nSPS) is 12.7. The van der Waals surface area contributed by atoms with Crippen molar-refractivity contribution in [3.8, 4) is 0 Å².